The highest BCUT2D eigenvalue weighted by atomic mass is 14.9. The first-order valence-electron chi connectivity index (χ1n) is 7.11. The monoisotopic (exact) mass is 251 g/mol. The molecule has 2 aromatic rings. The lowest BCUT2D eigenvalue weighted by Crippen LogP contribution is -2.34. The molecule has 98 valence electrons. The fourth-order valence-corrected chi connectivity index (χ4v) is 2.92. The summed E-state index contributed by atoms with van der Waals surface area (Å²) in [5.74, 6) is 0.740. The summed E-state index contributed by atoms with van der Waals surface area (Å²) in [5.41, 5.74) is 5.53. The molecular formula is C18H21N. The third kappa shape index (κ3) is 2.65. The lowest BCUT2D eigenvalue weighted by atomic mass is 9.74. The van der Waals surface area contributed by atoms with Gasteiger partial charge in [0.1, 0.15) is 0 Å². The SMILES string of the molecule is Cc1ccc(NC2CC(c3ccccc3C)C2)cc1. The predicted octanol–water partition coefficient (Wildman–Crippen LogP) is 4.66. The van der Waals surface area contributed by atoms with Gasteiger partial charge in [0, 0.05) is 11.7 Å². The molecular weight excluding hydrogens is 230 g/mol. The number of benzene rings is 2. The van der Waals surface area contributed by atoms with Crippen LogP contribution in [0.5, 0.6) is 0 Å². The Morgan fingerprint density at radius 2 is 1.58 bits per heavy atom. The van der Waals surface area contributed by atoms with Gasteiger partial charge in [0.2, 0.25) is 0 Å². The van der Waals surface area contributed by atoms with E-state index in [1.54, 1.807) is 0 Å². The van der Waals surface area contributed by atoms with E-state index < -0.39 is 0 Å². The van der Waals surface area contributed by atoms with Gasteiger partial charge in [-0.25, -0.2) is 0 Å². The van der Waals surface area contributed by atoms with Gasteiger partial charge in [-0.3, -0.25) is 0 Å². The van der Waals surface area contributed by atoms with E-state index in [1.807, 2.05) is 0 Å². The standard InChI is InChI=1S/C18H21N/c1-13-7-9-16(10-8-13)19-17-11-15(12-17)18-6-4-3-5-14(18)2/h3-10,15,17,19H,11-12H2,1-2H3. The van der Waals surface area contributed by atoms with Crippen molar-refractivity contribution in [3.05, 3.63) is 65.2 Å². The van der Waals surface area contributed by atoms with Crippen molar-refractivity contribution in [3.63, 3.8) is 0 Å². The summed E-state index contributed by atoms with van der Waals surface area (Å²) in [6.07, 6.45) is 2.50. The Morgan fingerprint density at radius 3 is 2.26 bits per heavy atom. The van der Waals surface area contributed by atoms with Gasteiger partial charge in [-0.1, -0.05) is 42.0 Å². The van der Waals surface area contributed by atoms with E-state index >= 15 is 0 Å². The van der Waals surface area contributed by atoms with E-state index in [-0.39, 0.29) is 0 Å². The van der Waals surface area contributed by atoms with Crippen LogP contribution in [0.15, 0.2) is 48.5 Å². The lowest BCUT2D eigenvalue weighted by Gasteiger charge is -2.37. The molecule has 1 nitrogen and oxygen atoms in total. The maximum absolute atomic E-state index is 3.62. The number of nitrogens with one attached hydrogen (secondary N) is 1. The van der Waals surface area contributed by atoms with Gasteiger partial charge in [-0.2, -0.15) is 0 Å². The van der Waals surface area contributed by atoms with Crippen molar-refractivity contribution in [3.8, 4) is 0 Å². The molecule has 0 aliphatic heterocycles. The first kappa shape index (κ1) is 12.3. The van der Waals surface area contributed by atoms with E-state index in [2.05, 4.69) is 67.7 Å². The fourth-order valence-electron chi connectivity index (χ4n) is 2.92. The molecule has 0 radical (unpaired) electrons. The van der Waals surface area contributed by atoms with Gasteiger partial charge >= 0.3 is 0 Å². The second-order valence-electron chi connectivity index (χ2n) is 5.73. The Hall–Kier alpha value is -1.76. The summed E-state index contributed by atoms with van der Waals surface area (Å²) in [6.45, 7) is 4.34. The Bertz CT molecular complexity index is 550. The molecule has 0 unspecified atom stereocenters. The number of hydrogen-bond acceptors (Lipinski definition) is 1. The molecule has 0 bridgehead atoms. The van der Waals surface area contributed by atoms with Gasteiger partial charge in [-0.05, 0) is 55.9 Å². The third-order valence-electron chi connectivity index (χ3n) is 4.19. The van der Waals surface area contributed by atoms with E-state index in [0.29, 0.717) is 6.04 Å². The van der Waals surface area contributed by atoms with Crippen molar-refractivity contribution in [2.45, 2.75) is 38.6 Å². The molecule has 1 saturated carbocycles. The number of aryl methyl sites for hydroxylation is 2. The van der Waals surface area contributed by atoms with Crippen LogP contribution in [0.3, 0.4) is 0 Å². The molecule has 1 N–H and O–H groups in total. The average Bonchev–Trinajstić information content (AvgIpc) is 2.37. The molecule has 1 aliphatic rings. The summed E-state index contributed by atoms with van der Waals surface area (Å²) >= 11 is 0. The molecule has 2 aromatic carbocycles. The van der Waals surface area contributed by atoms with Gasteiger partial charge < -0.3 is 5.32 Å². The summed E-state index contributed by atoms with van der Waals surface area (Å²) in [5, 5.41) is 3.62. The third-order valence-corrected chi connectivity index (χ3v) is 4.19. The minimum absolute atomic E-state index is 0.632. The Morgan fingerprint density at radius 1 is 0.895 bits per heavy atom. The molecule has 0 heterocycles. The van der Waals surface area contributed by atoms with Crippen molar-refractivity contribution in [1.82, 2.24) is 0 Å². The van der Waals surface area contributed by atoms with E-state index in [9.17, 15) is 0 Å². The normalized spacial score (nSPS) is 21.8. The Balaban J connectivity index is 1.58. The van der Waals surface area contributed by atoms with Crippen molar-refractivity contribution in [2.75, 3.05) is 5.32 Å². The molecule has 0 aromatic heterocycles. The van der Waals surface area contributed by atoms with Crippen molar-refractivity contribution in [1.29, 1.82) is 0 Å². The maximum Gasteiger partial charge on any atom is 0.0342 e. The van der Waals surface area contributed by atoms with Crippen LogP contribution in [0.2, 0.25) is 0 Å². The zero-order chi connectivity index (χ0) is 13.2. The quantitative estimate of drug-likeness (QED) is 0.836. The van der Waals surface area contributed by atoms with E-state index in [1.165, 1.54) is 35.2 Å². The Kier molecular flexibility index (Phi) is 3.29. The topological polar surface area (TPSA) is 12.0 Å². The summed E-state index contributed by atoms with van der Waals surface area (Å²) in [6, 6.07) is 18.1. The lowest BCUT2D eigenvalue weighted by molar-refractivity contribution is 0.373. The minimum Gasteiger partial charge on any atom is -0.382 e. The first-order valence-corrected chi connectivity index (χ1v) is 7.11. The average molecular weight is 251 g/mol. The first-order chi connectivity index (χ1) is 9.22. The molecule has 1 heteroatoms. The van der Waals surface area contributed by atoms with Crippen LogP contribution in [0.1, 0.15) is 35.4 Å². The zero-order valence-corrected chi connectivity index (χ0v) is 11.7. The molecule has 0 saturated heterocycles. The van der Waals surface area contributed by atoms with Crippen LogP contribution in [0.4, 0.5) is 5.69 Å². The molecule has 0 atom stereocenters. The number of hydrogen-bond donors (Lipinski definition) is 1. The van der Waals surface area contributed by atoms with Crippen molar-refractivity contribution < 1.29 is 0 Å². The summed E-state index contributed by atoms with van der Waals surface area (Å²) < 4.78 is 0. The van der Waals surface area contributed by atoms with Crippen LogP contribution < -0.4 is 5.32 Å². The fraction of sp³-hybridized carbons (Fsp3) is 0.333. The molecule has 3 rings (SSSR count). The van der Waals surface area contributed by atoms with Crippen molar-refractivity contribution >= 4 is 5.69 Å². The van der Waals surface area contributed by atoms with Crippen molar-refractivity contribution in [2.24, 2.45) is 0 Å². The van der Waals surface area contributed by atoms with Gasteiger partial charge in [0.05, 0.1) is 0 Å². The van der Waals surface area contributed by atoms with Crippen LogP contribution in [0.25, 0.3) is 0 Å². The number of anilines is 1. The van der Waals surface area contributed by atoms with Crippen LogP contribution in [-0.2, 0) is 0 Å². The molecule has 19 heavy (non-hydrogen) atoms. The van der Waals surface area contributed by atoms with Crippen LogP contribution >= 0.6 is 0 Å². The molecule has 1 fully saturated rings. The van der Waals surface area contributed by atoms with Gasteiger partial charge in [-0.15, -0.1) is 0 Å². The summed E-state index contributed by atoms with van der Waals surface area (Å²) in [7, 11) is 0. The molecule has 0 amide bonds. The zero-order valence-electron chi connectivity index (χ0n) is 11.7. The maximum atomic E-state index is 3.62. The second kappa shape index (κ2) is 5.08. The smallest absolute Gasteiger partial charge is 0.0342 e. The molecule has 1 aliphatic carbocycles. The number of rotatable bonds is 3. The van der Waals surface area contributed by atoms with Gasteiger partial charge in [0.15, 0.2) is 0 Å². The Labute approximate surface area is 115 Å². The predicted molar refractivity (Wildman–Crippen MR) is 81.7 cm³/mol. The molecule has 0 spiro atoms. The van der Waals surface area contributed by atoms with E-state index in [4.69, 9.17) is 0 Å². The second-order valence-corrected chi connectivity index (χ2v) is 5.73. The highest BCUT2D eigenvalue weighted by Crippen LogP contribution is 2.39. The largest absolute Gasteiger partial charge is 0.382 e. The highest BCUT2D eigenvalue weighted by molar-refractivity contribution is 5.46. The van der Waals surface area contributed by atoms with Crippen LogP contribution in [-0.4, -0.2) is 6.04 Å². The summed E-state index contributed by atoms with van der Waals surface area (Å²) in [4.78, 5) is 0. The van der Waals surface area contributed by atoms with Crippen LogP contribution in [0, 0.1) is 13.8 Å². The van der Waals surface area contributed by atoms with Gasteiger partial charge in [0.25, 0.3) is 0 Å². The minimum atomic E-state index is 0.632. The van der Waals surface area contributed by atoms with E-state index in [0.717, 1.165) is 5.92 Å². The highest BCUT2D eigenvalue weighted by Gasteiger charge is 2.30.